The third-order valence-corrected chi connectivity index (χ3v) is 3.46. The van der Waals surface area contributed by atoms with E-state index in [-0.39, 0.29) is 21.9 Å². The average Bonchev–Trinajstić information content (AvgIpc) is 2.98. The molecule has 0 saturated carbocycles. The monoisotopic (exact) mass is 275 g/mol. The minimum Gasteiger partial charge on any atom is -0.268 e. The molecule has 8 heteroatoms. The molecule has 0 saturated heterocycles. The summed E-state index contributed by atoms with van der Waals surface area (Å²) in [6, 6.07) is 3.99. The summed E-state index contributed by atoms with van der Waals surface area (Å²) in [5.74, 6) is -1.29. The first-order valence-electron chi connectivity index (χ1n) is 5.17. The SMILES string of the molecule is O=C1c2cccc([N+](=O)[O-])c2C(=O)N1c1nccs1. The van der Waals surface area contributed by atoms with Crippen LogP contribution in [0.4, 0.5) is 10.8 Å². The number of rotatable bonds is 2. The van der Waals surface area contributed by atoms with Crippen molar-refractivity contribution in [1.29, 1.82) is 0 Å². The third kappa shape index (κ3) is 1.54. The van der Waals surface area contributed by atoms with E-state index in [1.165, 1.54) is 24.4 Å². The Hall–Kier alpha value is -2.61. The number of carbonyl (C=O) groups is 2. The quantitative estimate of drug-likeness (QED) is 0.473. The van der Waals surface area contributed by atoms with Gasteiger partial charge in [-0.3, -0.25) is 19.7 Å². The molecule has 1 aliphatic rings. The summed E-state index contributed by atoms with van der Waals surface area (Å²) in [5.41, 5.74) is -0.503. The number of amides is 2. The van der Waals surface area contributed by atoms with Crippen molar-refractivity contribution in [3.8, 4) is 0 Å². The van der Waals surface area contributed by atoms with Crippen molar-refractivity contribution in [2.24, 2.45) is 0 Å². The number of benzene rings is 1. The molecule has 1 aromatic carbocycles. The van der Waals surface area contributed by atoms with Crippen LogP contribution in [0.15, 0.2) is 29.8 Å². The molecule has 2 heterocycles. The first-order chi connectivity index (χ1) is 9.11. The summed E-state index contributed by atoms with van der Waals surface area (Å²) in [7, 11) is 0. The Balaban J connectivity index is 2.20. The van der Waals surface area contributed by atoms with Crippen LogP contribution < -0.4 is 4.90 Å². The molecule has 0 unspecified atom stereocenters. The van der Waals surface area contributed by atoms with E-state index in [2.05, 4.69) is 4.98 Å². The van der Waals surface area contributed by atoms with Crippen LogP contribution in [0.25, 0.3) is 0 Å². The summed E-state index contributed by atoms with van der Waals surface area (Å²) in [6.07, 6.45) is 1.46. The van der Waals surface area contributed by atoms with E-state index in [1.54, 1.807) is 5.38 Å². The van der Waals surface area contributed by atoms with Crippen LogP contribution in [-0.2, 0) is 0 Å². The number of imide groups is 1. The van der Waals surface area contributed by atoms with Gasteiger partial charge in [0.25, 0.3) is 17.5 Å². The predicted molar refractivity (Wildman–Crippen MR) is 66.4 cm³/mol. The van der Waals surface area contributed by atoms with Gasteiger partial charge in [-0.25, -0.2) is 9.88 Å². The summed E-state index contributed by atoms with van der Waals surface area (Å²) in [5, 5.41) is 12.7. The van der Waals surface area contributed by atoms with E-state index in [4.69, 9.17) is 0 Å². The highest BCUT2D eigenvalue weighted by atomic mass is 32.1. The zero-order valence-corrected chi connectivity index (χ0v) is 10.1. The second-order valence-corrected chi connectivity index (χ2v) is 4.59. The van der Waals surface area contributed by atoms with Crippen molar-refractivity contribution in [3.05, 3.63) is 51.0 Å². The molecule has 0 fully saturated rings. The summed E-state index contributed by atoms with van der Waals surface area (Å²) in [4.78, 5) is 39.3. The highest BCUT2D eigenvalue weighted by molar-refractivity contribution is 7.14. The molecule has 0 bridgehead atoms. The Labute approximate surface area is 110 Å². The van der Waals surface area contributed by atoms with Crippen molar-refractivity contribution in [2.75, 3.05) is 4.90 Å². The Bertz CT molecular complexity index is 711. The summed E-state index contributed by atoms with van der Waals surface area (Å²) >= 11 is 1.12. The highest BCUT2D eigenvalue weighted by Crippen LogP contribution is 2.34. The molecule has 0 spiro atoms. The normalized spacial score (nSPS) is 13.8. The largest absolute Gasteiger partial charge is 0.283 e. The minimum atomic E-state index is -0.706. The van der Waals surface area contributed by atoms with Gasteiger partial charge in [0.05, 0.1) is 10.5 Å². The van der Waals surface area contributed by atoms with Gasteiger partial charge in [0.15, 0.2) is 5.13 Å². The van der Waals surface area contributed by atoms with Crippen molar-refractivity contribution < 1.29 is 14.5 Å². The first kappa shape index (κ1) is 11.5. The summed E-state index contributed by atoms with van der Waals surface area (Å²) in [6.45, 7) is 0. The molecule has 94 valence electrons. The zero-order valence-electron chi connectivity index (χ0n) is 9.27. The van der Waals surface area contributed by atoms with Crippen LogP contribution in [0.3, 0.4) is 0 Å². The topological polar surface area (TPSA) is 93.4 Å². The van der Waals surface area contributed by atoms with Gasteiger partial charge in [0, 0.05) is 17.6 Å². The van der Waals surface area contributed by atoms with Crippen LogP contribution in [0, 0.1) is 10.1 Å². The van der Waals surface area contributed by atoms with Crippen LogP contribution >= 0.6 is 11.3 Å². The van der Waals surface area contributed by atoms with Crippen molar-refractivity contribution >= 4 is 34.0 Å². The van der Waals surface area contributed by atoms with Gasteiger partial charge < -0.3 is 0 Å². The molecule has 3 rings (SSSR count). The van der Waals surface area contributed by atoms with E-state index in [0.29, 0.717) is 0 Å². The maximum absolute atomic E-state index is 12.2. The maximum Gasteiger partial charge on any atom is 0.283 e. The molecule has 2 aromatic rings. The molecule has 7 nitrogen and oxygen atoms in total. The molecule has 0 atom stereocenters. The molecule has 0 N–H and O–H groups in total. The highest BCUT2D eigenvalue weighted by Gasteiger charge is 2.42. The van der Waals surface area contributed by atoms with Gasteiger partial charge in [-0.2, -0.15) is 0 Å². The van der Waals surface area contributed by atoms with Crippen LogP contribution in [0.5, 0.6) is 0 Å². The van der Waals surface area contributed by atoms with Gasteiger partial charge in [-0.1, -0.05) is 6.07 Å². The number of nitro groups is 1. The molecule has 1 aliphatic heterocycles. The number of thiazole rings is 1. The predicted octanol–water partition coefficient (Wildman–Crippen LogP) is 1.85. The summed E-state index contributed by atoms with van der Waals surface area (Å²) < 4.78 is 0. The van der Waals surface area contributed by atoms with Crippen LogP contribution in [0.1, 0.15) is 20.7 Å². The number of anilines is 1. The molecule has 0 radical (unpaired) electrons. The molecular formula is C11H5N3O4S. The molecule has 19 heavy (non-hydrogen) atoms. The van der Waals surface area contributed by atoms with Crippen molar-refractivity contribution in [3.63, 3.8) is 0 Å². The number of fused-ring (bicyclic) bond motifs is 1. The van der Waals surface area contributed by atoms with Crippen LogP contribution in [-0.4, -0.2) is 21.7 Å². The van der Waals surface area contributed by atoms with E-state index in [0.717, 1.165) is 16.2 Å². The Morgan fingerprint density at radius 1 is 1.26 bits per heavy atom. The van der Waals surface area contributed by atoms with E-state index in [9.17, 15) is 19.7 Å². The fourth-order valence-electron chi connectivity index (χ4n) is 1.92. The fourth-order valence-corrected chi connectivity index (χ4v) is 2.56. The Kier molecular flexibility index (Phi) is 2.39. The lowest BCUT2D eigenvalue weighted by Crippen LogP contribution is -2.29. The van der Waals surface area contributed by atoms with Gasteiger partial charge in [0.2, 0.25) is 0 Å². The fraction of sp³-hybridized carbons (Fsp3) is 0. The number of nitrogens with zero attached hydrogens (tertiary/aromatic N) is 3. The Morgan fingerprint density at radius 3 is 2.68 bits per heavy atom. The molecule has 0 aliphatic carbocycles. The smallest absolute Gasteiger partial charge is 0.268 e. The standard InChI is InChI=1S/C11H5N3O4S/c15-9-6-2-1-3-7(14(17)18)8(6)10(16)13(9)11-12-4-5-19-11/h1-5H. The second kappa shape index (κ2) is 3.95. The number of nitro benzene ring substituents is 1. The third-order valence-electron chi connectivity index (χ3n) is 2.70. The lowest BCUT2D eigenvalue weighted by atomic mass is 10.1. The minimum absolute atomic E-state index is 0.0365. The zero-order chi connectivity index (χ0) is 13.6. The van der Waals surface area contributed by atoms with Gasteiger partial charge >= 0.3 is 0 Å². The number of aromatic nitrogens is 1. The van der Waals surface area contributed by atoms with E-state index >= 15 is 0 Å². The van der Waals surface area contributed by atoms with Crippen LogP contribution in [0.2, 0.25) is 0 Å². The van der Waals surface area contributed by atoms with Gasteiger partial charge in [-0.15, -0.1) is 11.3 Å². The molecular weight excluding hydrogens is 270 g/mol. The van der Waals surface area contributed by atoms with Crippen molar-refractivity contribution in [2.45, 2.75) is 0 Å². The Morgan fingerprint density at radius 2 is 2.05 bits per heavy atom. The van der Waals surface area contributed by atoms with E-state index < -0.39 is 16.7 Å². The van der Waals surface area contributed by atoms with Gasteiger partial charge in [-0.05, 0) is 6.07 Å². The lowest BCUT2D eigenvalue weighted by molar-refractivity contribution is -0.385. The van der Waals surface area contributed by atoms with Crippen molar-refractivity contribution in [1.82, 2.24) is 4.98 Å². The number of carbonyl (C=O) groups excluding carboxylic acids is 2. The lowest BCUT2D eigenvalue weighted by Gasteiger charge is -2.08. The average molecular weight is 275 g/mol. The molecule has 1 aromatic heterocycles. The molecule has 2 amide bonds. The maximum atomic E-state index is 12.2. The first-order valence-corrected chi connectivity index (χ1v) is 6.05. The number of hydrogen-bond donors (Lipinski definition) is 0. The van der Waals surface area contributed by atoms with E-state index in [1.807, 2.05) is 0 Å². The second-order valence-electron chi connectivity index (χ2n) is 3.72. The van der Waals surface area contributed by atoms with Gasteiger partial charge in [0.1, 0.15) is 5.56 Å². The number of hydrogen-bond acceptors (Lipinski definition) is 6.